The van der Waals surface area contributed by atoms with Crippen LogP contribution in [0.2, 0.25) is 5.02 Å². The fourth-order valence-corrected chi connectivity index (χ4v) is 4.22. The number of sulfonamides is 1. The van der Waals surface area contributed by atoms with Gasteiger partial charge in [-0.15, -0.1) is 0 Å². The molecule has 32 heavy (non-hydrogen) atoms. The molecular formula is C21H19ClFN3O5S. The number of anilines is 1. The van der Waals surface area contributed by atoms with Gasteiger partial charge in [-0.25, -0.2) is 21.9 Å². The number of amides is 1. The predicted molar refractivity (Wildman–Crippen MR) is 118 cm³/mol. The SMILES string of the molecule is Cc1nc2cc(F)ccc2cc1C(=O)OCC(=O)Nc1ccc(Cl)c(S(=O)(=O)N(C)C)c1. The second-order valence-corrected chi connectivity index (χ2v) is 9.54. The van der Waals surface area contributed by atoms with Crippen molar-refractivity contribution in [2.24, 2.45) is 0 Å². The van der Waals surface area contributed by atoms with E-state index in [1.54, 1.807) is 6.92 Å². The largest absolute Gasteiger partial charge is 0.452 e. The van der Waals surface area contributed by atoms with Crippen molar-refractivity contribution in [1.82, 2.24) is 9.29 Å². The minimum atomic E-state index is -3.82. The van der Waals surface area contributed by atoms with Gasteiger partial charge in [-0.3, -0.25) is 9.78 Å². The molecule has 8 nitrogen and oxygen atoms in total. The second-order valence-electron chi connectivity index (χ2n) is 7.02. The molecule has 1 amide bonds. The number of aryl methyl sites for hydroxylation is 1. The van der Waals surface area contributed by atoms with Crippen molar-refractivity contribution in [1.29, 1.82) is 0 Å². The van der Waals surface area contributed by atoms with Crippen molar-refractivity contribution in [2.75, 3.05) is 26.0 Å². The third-order valence-electron chi connectivity index (χ3n) is 4.50. The molecule has 0 aliphatic carbocycles. The Kier molecular flexibility index (Phi) is 6.77. The number of hydrogen-bond acceptors (Lipinski definition) is 6. The number of halogens is 2. The molecule has 0 spiro atoms. The molecule has 0 fully saturated rings. The summed E-state index contributed by atoms with van der Waals surface area (Å²) < 4.78 is 44.1. The molecule has 1 aromatic heterocycles. The van der Waals surface area contributed by atoms with Gasteiger partial charge < -0.3 is 10.1 Å². The third kappa shape index (κ3) is 5.04. The van der Waals surface area contributed by atoms with E-state index in [0.717, 1.165) is 4.31 Å². The summed E-state index contributed by atoms with van der Waals surface area (Å²) in [5.74, 6) is -1.90. The summed E-state index contributed by atoms with van der Waals surface area (Å²) in [6, 6.07) is 9.48. The first kappa shape index (κ1) is 23.6. The lowest BCUT2D eigenvalue weighted by Gasteiger charge is -2.14. The molecule has 0 saturated heterocycles. The Morgan fingerprint density at radius 1 is 1.16 bits per heavy atom. The summed E-state index contributed by atoms with van der Waals surface area (Å²) in [5, 5.41) is 3.01. The number of carbonyl (C=O) groups is 2. The van der Waals surface area contributed by atoms with Gasteiger partial charge in [0, 0.05) is 31.2 Å². The van der Waals surface area contributed by atoms with Crippen molar-refractivity contribution >= 4 is 50.1 Å². The second kappa shape index (κ2) is 9.19. The molecule has 168 valence electrons. The molecule has 3 rings (SSSR count). The molecule has 0 unspecified atom stereocenters. The van der Waals surface area contributed by atoms with Gasteiger partial charge in [-0.05, 0) is 43.3 Å². The van der Waals surface area contributed by atoms with Crippen molar-refractivity contribution in [3.8, 4) is 0 Å². The van der Waals surface area contributed by atoms with Gasteiger partial charge in [0.2, 0.25) is 10.0 Å². The van der Waals surface area contributed by atoms with Gasteiger partial charge >= 0.3 is 5.97 Å². The summed E-state index contributed by atoms with van der Waals surface area (Å²) >= 11 is 5.98. The maximum Gasteiger partial charge on any atom is 0.340 e. The quantitative estimate of drug-likeness (QED) is 0.543. The number of esters is 1. The number of benzene rings is 2. The number of fused-ring (bicyclic) bond motifs is 1. The number of pyridine rings is 1. The van der Waals surface area contributed by atoms with Crippen LogP contribution < -0.4 is 5.32 Å². The van der Waals surface area contributed by atoms with Crippen LogP contribution in [0, 0.1) is 12.7 Å². The number of hydrogen-bond donors (Lipinski definition) is 1. The van der Waals surface area contributed by atoms with Gasteiger partial charge in [0.05, 0.1) is 21.8 Å². The Balaban J connectivity index is 1.70. The van der Waals surface area contributed by atoms with Crippen molar-refractivity contribution in [3.63, 3.8) is 0 Å². The molecule has 1 heterocycles. The molecule has 3 aromatic rings. The zero-order valence-electron chi connectivity index (χ0n) is 17.3. The molecule has 0 radical (unpaired) electrons. The molecule has 0 bridgehead atoms. The van der Waals surface area contributed by atoms with E-state index < -0.39 is 34.3 Å². The highest BCUT2D eigenvalue weighted by Crippen LogP contribution is 2.27. The average Bonchev–Trinajstić information content (AvgIpc) is 2.72. The van der Waals surface area contributed by atoms with E-state index in [4.69, 9.17) is 16.3 Å². The number of rotatable bonds is 6. The van der Waals surface area contributed by atoms with E-state index in [9.17, 15) is 22.4 Å². The summed E-state index contributed by atoms with van der Waals surface area (Å²) in [6.45, 7) is 0.958. The van der Waals surface area contributed by atoms with Crippen LogP contribution in [0.15, 0.2) is 47.4 Å². The fraction of sp³-hybridized carbons (Fsp3) is 0.190. The van der Waals surface area contributed by atoms with E-state index in [1.165, 1.54) is 56.6 Å². The van der Waals surface area contributed by atoms with Crippen LogP contribution in [0.1, 0.15) is 16.1 Å². The zero-order valence-corrected chi connectivity index (χ0v) is 18.9. The first-order valence-electron chi connectivity index (χ1n) is 9.25. The summed E-state index contributed by atoms with van der Waals surface area (Å²) in [6.07, 6.45) is 0. The van der Waals surface area contributed by atoms with E-state index >= 15 is 0 Å². The minimum Gasteiger partial charge on any atom is -0.452 e. The Morgan fingerprint density at radius 2 is 1.88 bits per heavy atom. The maximum atomic E-state index is 13.3. The first-order chi connectivity index (χ1) is 15.0. The van der Waals surface area contributed by atoms with Gasteiger partial charge in [-0.1, -0.05) is 11.6 Å². The van der Waals surface area contributed by atoms with Crippen LogP contribution in [-0.4, -0.2) is 50.3 Å². The lowest BCUT2D eigenvalue weighted by Crippen LogP contribution is -2.24. The van der Waals surface area contributed by atoms with Gasteiger partial charge in [-0.2, -0.15) is 0 Å². The monoisotopic (exact) mass is 479 g/mol. The maximum absolute atomic E-state index is 13.3. The van der Waals surface area contributed by atoms with Crippen LogP contribution >= 0.6 is 11.6 Å². The van der Waals surface area contributed by atoms with Gasteiger partial charge in [0.1, 0.15) is 10.7 Å². The Morgan fingerprint density at radius 3 is 2.56 bits per heavy atom. The molecule has 0 saturated carbocycles. The van der Waals surface area contributed by atoms with E-state index in [2.05, 4.69) is 10.3 Å². The summed E-state index contributed by atoms with van der Waals surface area (Å²) in [7, 11) is -1.10. The van der Waals surface area contributed by atoms with E-state index in [-0.39, 0.29) is 21.2 Å². The van der Waals surface area contributed by atoms with Crippen LogP contribution in [0.25, 0.3) is 10.9 Å². The minimum absolute atomic E-state index is 0.00212. The lowest BCUT2D eigenvalue weighted by molar-refractivity contribution is -0.119. The molecule has 0 atom stereocenters. The Hall–Kier alpha value is -3.08. The number of nitrogens with zero attached hydrogens (tertiary/aromatic N) is 2. The van der Waals surface area contributed by atoms with Crippen molar-refractivity contribution < 1.29 is 27.1 Å². The normalized spacial score (nSPS) is 11.6. The molecule has 1 N–H and O–H groups in total. The highest BCUT2D eigenvalue weighted by Gasteiger charge is 2.22. The van der Waals surface area contributed by atoms with Crippen LogP contribution in [0.5, 0.6) is 0 Å². The summed E-state index contributed by atoms with van der Waals surface area (Å²) in [4.78, 5) is 28.7. The Bertz CT molecular complexity index is 1330. The number of carbonyl (C=O) groups excluding carboxylic acids is 2. The lowest BCUT2D eigenvalue weighted by atomic mass is 10.1. The molecule has 0 aliphatic rings. The molecular weight excluding hydrogens is 461 g/mol. The van der Waals surface area contributed by atoms with Crippen LogP contribution in [0.4, 0.5) is 10.1 Å². The standard InChI is InChI=1S/C21H19ClFN3O5S/c1-12-16(8-13-4-5-14(23)9-18(13)24-12)21(28)31-11-20(27)25-15-6-7-17(22)19(10-15)32(29,30)26(2)3/h4-10H,11H2,1-3H3,(H,25,27). The van der Waals surface area contributed by atoms with Crippen LogP contribution in [-0.2, 0) is 19.6 Å². The van der Waals surface area contributed by atoms with Crippen LogP contribution in [0.3, 0.4) is 0 Å². The number of ether oxygens (including phenoxy) is 1. The summed E-state index contributed by atoms with van der Waals surface area (Å²) in [5.41, 5.74) is 1.02. The average molecular weight is 480 g/mol. The molecule has 0 aliphatic heterocycles. The highest BCUT2D eigenvalue weighted by atomic mass is 35.5. The first-order valence-corrected chi connectivity index (χ1v) is 11.1. The number of aromatic nitrogens is 1. The Labute approximate surface area is 189 Å². The predicted octanol–water partition coefficient (Wildman–Crippen LogP) is 3.38. The van der Waals surface area contributed by atoms with Gasteiger partial charge in [0.15, 0.2) is 6.61 Å². The fourth-order valence-electron chi connectivity index (χ4n) is 2.82. The third-order valence-corrected chi connectivity index (χ3v) is 6.79. The number of nitrogens with one attached hydrogen (secondary N) is 1. The smallest absolute Gasteiger partial charge is 0.340 e. The van der Waals surface area contributed by atoms with Gasteiger partial charge in [0.25, 0.3) is 5.91 Å². The van der Waals surface area contributed by atoms with Crippen molar-refractivity contribution in [2.45, 2.75) is 11.8 Å². The highest BCUT2D eigenvalue weighted by molar-refractivity contribution is 7.89. The van der Waals surface area contributed by atoms with Crippen molar-refractivity contribution in [3.05, 3.63) is 64.6 Å². The zero-order chi connectivity index (χ0) is 23.6. The molecule has 11 heteroatoms. The van der Waals surface area contributed by atoms with E-state index in [1.807, 2.05) is 0 Å². The topological polar surface area (TPSA) is 106 Å². The van der Waals surface area contributed by atoms with E-state index in [0.29, 0.717) is 16.6 Å². The molecule has 2 aromatic carbocycles.